The van der Waals surface area contributed by atoms with Crippen LogP contribution in [0.15, 0.2) is 16.6 Å². The number of halogens is 1. The lowest BCUT2D eigenvalue weighted by atomic mass is 10.3. The molecule has 0 amide bonds. The summed E-state index contributed by atoms with van der Waals surface area (Å²) in [6.07, 6.45) is 0. The molecule has 4 nitrogen and oxygen atoms in total. The first-order valence-corrected chi connectivity index (χ1v) is 5.45. The predicted octanol–water partition coefficient (Wildman–Crippen LogP) is 2.59. The Morgan fingerprint density at radius 1 is 1.27 bits per heavy atom. The van der Waals surface area contributed by atoms with Crippen molar-refractivity contribution in [1.29, 1.82) is 0 Å². The van der Waals surface area contributed by atoms with E-state index >= 15 is 0 Å². The van der Waals surface area contributed by atoms with Crippen LogP contribution in [0.4, 0.5) is 0 Å². The summed E-state index contributed by atoms with van der Waals surface area (Å²) in [5.41, 5.74) is 4.21. The lowest BCUT2D eigenvalue weighted by Gasteiger charge is -1.99. The topological polar surface area (TPSA) is 46.0 Å². The van der Waals surface area contributed by atoms with Crippen molar-refractivity contribution < 1.29 is 0 Å². The minimum Gasteiger partial charge on any atom is -0.357 e. The zero-order valence-electron chi connectivity index (χ0n) is 8.37. The van der Waals surface area contributed by atoms with Crippen LogP contribution in [0, 0.1) is 13.8 Å². The van der Waals surface area contributed by atoms with Gasteiger partial charge in [0.2, 0.25) is 0 Å². The Bertz CT molecular complexity index is 665. The third-order valence-electron chi connectivity index (χ3n) is 2.51. The quantitative estimate of drug-likeness (QED) is 0.679. The molecule has 0 aliphatic heterocycles. The second kappa shape index (κ2) is 2.82. The van der Waals surface area contributed by atoms with E-state index in [1.807, 2.05) is 24.3 Å². The van der Waals surface area contributed by atoms with Crippen LogP contribution >= 0.6 is 15.9 Å². The molecule has 0 aliphatic rings. The Kier molecular flexibility index (Phi) is 1.68. The van der Waals surface area contributed by atoms with E-state index < -0.39 is 0 Å². The molecule has 3 rings (SSSR count). The fraction of sp³-hybridized carbons (Fsp3) is 0.200. The van der Waals surface area contributed by atoms with Crippen molar-refractivity contribution in [2.45, 2.75) is 13.8 Å². The van der Waals surface area contributed by atoms with Gasteiger partial charge in [0.15, 0.2) is 5.65 Å². The first-order chi connectivity index (χ1) is 7.16. The number of aromatic nitrogens is 4. The van der Waals surface area contributed by atoms with Gasteiger partial charge in [-0.1, -0.05) is 0 Å². The van der Waals surface area contributed by atoms with Gasteiger partial charge in [0.25, 0.3) is 0 Å². The van der Waals surface area contributed by atoms with Gasteiger partial charge in [-0.2, -0.15) is 0 Å². The first kappa shape index (κ1) is 8.91. The Hall–Kier alpha value is -1.36. The molecule has 3 aromatic rings. The van der Waals surface area contributed by atoms with E-state index in [0.29, 0.717) is 0 Å². The van der Waals surface area contributed by atoms with Crippen LogP contribution in [0.2, 0.25) is 0 Å². The molecule has 15 heavy (non-hydrogen) atoms. The molecule has 76 valence electrons. The van der Waals surface area contributed by atoms with E-state index in [0.717, 1.165) is 32.7 Å². The molecular formula is C10H9BrN4. The molecule has 0 saturated carbocycles. The minimum absolute atomic E-state index is 0.860. The molecule has 0 bridgehead atoms. The highest BCUT2D eigenvalue weighted by Gasteiger charge is 2.10. The van der Waals surface area contributed by atoms with E-state index in [-0.39, 0.29) is 0 Å². The molecule has 1 N–H and O–H groups in total. The van der Waals surface area contributed by atoms with Crippen molar-refractivity contribution in [3.8, 4) is 0 Å². The van der Waals surface area contributed by atoms with Gasteiger partial charge in [0.05, 0.1) is 15.5 Å². The van der Waals surface area contributed by atoms with Crippen LogP contribution in [0.1, 0.15) is 11.5 Å². The molecule has 3 aromatic heterocycles. The summed E-state index contributed by atoms with van der Waals surface area (Å²) in [7, 11) is 0. The number of H-pyrrole nitrogens is 1. The van der Waals surface area contributed by atoms with Gasteiger partial charge in [-0.15, -0.1) is 10.2 Å². The third-order valence-corrected chi connectivity index (χ3v) is 3.10. The van der Waals surface area contributed by atoms with Crippen molar-refractivity contribution in [2.24, 2.45) is 0 Å². The van der Waals surface area contributed by atoms with Gasteiger partial charge in [0, 0.05) is 5.69 Å². The molecule has 0 fully saturated rings. The molecule has 0 spiro atoms. The van der Waals surface area contributed by atoms with Crippen molar-refractivity contribution >= 4 is 32.6 Å². The maximum atomic E-state index is 4.13. The van der Waals surface area contributed by atoms with Crippen LogP contribution in [0.3, 0.4) is 0 Å². The highest BCUT2D eigenvalue weighted by molar-refractivity contribution is 9.10. The van der Waals surface area contributed by atoms with Crippen LogP contribution in [-0.4, -0.2) is 19.6 Å². The fourth-order valence-electron chi connectivity index (χ4n) is 1.89. The molecule has 0 unspecified atom stereocenters. The number of nitrogens with zero attached hydrogens (tertiary/aromatic N) is 3. The molecule has 0 aliphatic carbocycles. The Morgan fingerprint density at radius 3 is 2.87 bits per heavy atom. The van der Waals surface area contributed by atoms with E-state index in [2.05, 4.69) is 37.2 Å². The molecule has 0 atom stereocenters. The lowest BCUT2D eigenvalue weighted by molar-refractivity contribution is 1.02. The number of aromatic amines is 1. The van der Waals surface area contributed by atoms with E-state index in [9.17, 15) is 0 Å². The summed E-state index contributed by atoms with van der Waals surface area (Å²) < 4.78 is 3.00. The average molecular weight is 265 g/mol. The molecule has 0 saturated heterocycles. The smallest absolute Gasteiger partial charge is 0.175 e. The Morgan fingerprint density at radius 2 is 2.07 bits per heavy atom. The van der Waals surface area contributed by atoms with Crippen molar-refractivity contribution in [1.82, 2.24) is 19.6 Å². The number of hydrogen-bond acceptors (Lipinski definition) is 2. The second-order valence-electron chi connectivity index (χ2n) is 3.65. The zero-order chi connectivity index (χ0) is 10.6. The van der Waals surface area contributed by atoms with Gasteiger partial charge in [0.1, 0.15) is 5.82 Å². The largest absolute Gasteiger partial charge is 0.357 e. The van der Waals surface area contributed by atoms with Crippen LogP contribution in [-0.2, 0) is 0 Å². The molecular weight excluding hydrogens is 256 g/mol. The number of rotatable bonds is 0. The molecule has 0 radical (unpaired) electrons. The molecule has 3 heterocycles. The summed E-state index contributed by atoms with van der Waals surface area (Å²) in [6, 6.07) is 4.14. The predicted molar refractivity (Wildman–Crippen MR) is 62.0 cm³/mol. The third kappa shape index (κ3) is 1.13. The maximum Gasteiger partial charge on any atom is 0.175 e. The lowest BCUT2D eigenvalue weighted by Crippen LogP contribution is -1.90. The normalized spacial score (nSPS) is 11.7. The minimum atomic E-state index is 0.860. The Labute approximate surface area is 94.4 Å². The summed E-state index contributed by atoms with van der Waals surface area (Å²) >= 11 is 3.50. The second-order valence-corrected chi connectivity index (χ2v) is 4.50. The van der Waals surface area contributed by atoms with Gasteiger partial charge >= 0.3 is 0 Å². The zero-order valence-corrected chi connectivity index (χ0v) is 9.96. The van der Waals surface area contributed by atoms with E-state index in [1.54, 1.807) is 0 Å². The highest BCUT2D eigenvalue weighted by atomic mass is 79.9. The van der Waals surface area contributed by atoms with Gasteiger partial charge in [-0.3, -0.25) is 4.40 Å². The average Bonchev–Trinajstić information content (AvgIpc) is 2.69. The number of pyridine rings is 1. The van der Waals surface area contributed by atoms with Crippen LogP contribution in [0.25, 0.3) is 16.7 Å². The number of aryl methyl sites for hydroxylation is 2. The standard InChI is InChI=1S/C10H9BrN4/c1-5-3-9-8(12-5)4-7(11)10-14-13-6(2)15(9)10/h3-4,12H,1-2H3. The van der Waals surface area contributed by atoms with Crippen molar-refractivity contribution in [2.75, 3.05) is 0 Å². The monoisotopic (exact) mass is 264 g/mol. The summed E-state index contributed by atoms with van der Waals surface area (Å²) in [4.78, 5) is 3.30. The van der Waals surface area contributed by atoms with Crippen LogP contribution in [0.5, 0.6) is 0 Å². The first-order valence-electron chi connectivity index (χ1n) is 4.66. The van der Waals surface area contributed by atoms with E-state index in [1.165, 1.54) is 0 Å². The number of nitrogens with one attached hydrogen (secondary N) is 1. The molecule has 5 heteroatoms. The fourth-order valence-corrected chi connectivity index (χ4v) is 2.37. The SMILES string of the molecule is Cc1cc2c(cc(Br)c3nnc(C)n32)[nH]1. The number of fused-ring (bicyclic) bond motifs is 3. The van der Waals surface area contributed by atoms with Gasteiger partial charge in [-0.25, -0.2) is 0 Å². The summed E-state index contributed by atoms with van der Waals surface area (Å²) in [5.74, 6) is 0.898. The summed E-state index contributed by atoms with van der Waals surface area (Å²) in [6.45, 7) is 3.99. The van der Waals surface area contributed by atoms with Crippen LogP contribution < -0.4 is 0 Å². The van der Waals surface area contributed by atoms with Crippen molar-refractivity contribution in [3.63, 3.8) is 0 Å². The number of hydrogen-bond donors (Lipinski definition) is 1. The molecule has 0 aromatic carbocycles. The maximum absolute atomic E-state index is 4.13. The van der Waals surface area contributed by atoms with Crippen molar-refractivity contribution in [3.05, 3.63) is 28.1 Å². The van der Waals surface area contributed by atoms with Gasteiger partial charge < -0.3 is 4.98 Å². The Balaban J connectivity index is 2.66. The van der Waals surface area contributed by atoms with Gasteiger partial charge in [-0.05, 0) is 41.9 Å². The van der Waals surface area contributed by atoms with E-state index in [4.69, 9.17) is 0 Å². The summed E-state index contributed by atoms with van der Waals surface area (Å²) in [5, 5.41) is 8.21. The highest BCUT2D eigenvalue weighted by Crippen LogP contribution is 2.25.